The summed E-state index contributed by atoms with van der Waals surface area (Å²) in [6, 6.07) is 9.96. The van der Waals surface area contributed by atoms with Gasteiger partial charge in [0.1, 0.15) is 5.56 Å². The first-order chi connectivity index (χ1) is 10.4. The number of phenols is 1. The van der Waals surface area contributed by atoms with Crippen LogP contribution in [0.3, 0.4) is 0 Å². The van der Waals surface area contributed by atoms with Gasteiger partial charge in [-0.25, -0.2) is 13.2 Å². The zero-order valence-corrected chi connectivity index (χ0v) is 12.2. The molecule has 0 fully saturated rings. The van der Waals surface area contributed by atoms with Crippen LogP contribution in [0.2, 0.25) is 0 Å². The van der Waals surface area contributed by atoms with Crippen molar-refractivity contribution in [2.75, 3.05) is 4.72 Å². The van der Waals surface area contributed by atoms with Gasteiger partial charge in [0.05, 0.1) is 10.6 Å². The van der Waals surface area contributed by atoms with Crippen LogP contribution in [0.5, 0.6) is 5.75 Å². The Hall–Kier alpha value is -2.80. The van der Waals surface area contributed by atoms with Gasteiger partial charge in [-0.15, -0.1) is 0 Å². The van der Waals surface area contributed by atoms with Gasteiger partial charge in [-0.3, -0.25) is 4.72 Å². The number of carbonyl (C=O) groups is 1. The molecule has 0 aromatic heterocycles. The number of hydrogen-bond donors (Lipinski definition) is 3. The van der Waals surface area contributed by atoms with E-state index in [2.05, 4.69) is 11.3 Å². The van der Waals surface area contributed by atoms with Crippen LogP contribution in [0.4, 0.5) is 5.69 Å². The molecule has 114 valence electrons. The monoisotopic (exact) mass is 319 g/mol. The summed E-state index contributed by atoms with van der Waals surface area (Å²) < 4.78 is 27.0. The molecule has 2 aromatic carbocycles. The zero-order chi connectivity index (χ0) is 16.3. The second-order valence-electron chi connectivity index (χ2n) is 4.35. The van der Waals surface area contributed by atoms with Crippen LogP contribution < -0.4 is 4.72 Å². The van der Waals surface area contributed by atoms with Crippen molar-refractivity contribution >= 4 is 27.8 Å². The van der Waals surface area contributed by atoms with E-state index in [9.17, 15) is 18.3 Å². The van der Waals surface area contributed by atoms with Gasteiger partial charge < -0.3 is 10.2 Å². The van der Waals surface area contributed by atoms with Crippen molar-refractivity contribution < 1.29 is 23.4 Å². The first-order valence-corrected chi connectivity index (χ1v) is 7.64. The summed E-state index contributed by atoms with van der Waals surface area (Å²) in [5.41, 5.74) is -0.208. The van der Waals surface area contributed by atoms with Gasteiger partial charge in [0, 0.05) is 0 Å². The standard InChI is InChI=1S/C15H13NO5S/c1-2-10-6-3-4-9-13(10)22(20,21)16-12-8-5-7-11(14(12)17)15(18)19/h2-9,16-17H,1H2,(H,18,19). The summed E-state index contributed by atoms with van der Waals surface area (Å²) in [5.74, 6) is -2.00. The highest BCUT2D eigenvalue weighted by Crippen LogP contribution is 2.30. The molecule has 22 heavy (non-hydrogen) atoms. The lowest BCUT2D eigenvalue weighted by atomic mass is 10.2. The topological polar surface area (TPSA) is 104 Å². The number of sulfonamides is 1. The summed E-state index contributed by atoms with van der Waals surface area (Å²) in [6.45, 7) is 3.55. The summed E-state index contributed by atoms with van der Waals surface area (Å²) in [7, 11) is -4.00. The largest absolute Gasteiger partial charge is 0.505 e. The molecular formula is C15H13NO5S. The number of aromatic carboxylic acids is 1. The number of aromatic hydroxyl groups is 1. The molecule has 7 heteroatoms. The molecule has 0 atom stereocenters. The first-order valence-electron chi connectivity index (χ1n) is 6.16. The van der Waals surface area contributed by atoms with Gasteiger partial charge in [-0.1, -0.05) is 36.9 Å². The Morgan fingerprint density at radius 1 is 1.14 bits per heavy atom. The van der Waals surface area contributed by atoms with E-state index in [1.807, 2.05) is 0 Å². The van der Waals surface area contributed by atoms with E-state index >= 15 is 0 Å². The molecular weight excluding hydrogens is 306 g/mol. The maximum absolute atomic E-state index is 12.4. The van der Waals surface area contributed by atoms with Gasteiger partial charge in [-0.2, -0.15) is 0 Å². The number of nitrogens with one attached hydrogen (secondary N) is 1. The van der Waals surface area contributed by atoms with Crippen molar-refractivity contribution in [1.29, 1.82) is 0 Å². The molecule has 0 amide bonds. The number of anilines is 1. The van der Waals surface area contributed by atoms with E-state index in [-0.39, 0.29) is 10.6 Å². The molecule has 3 N–H and O–H groups in total. The van der Waals surface area contributed by atoms with Crippen molar-refractivity contribution in [2.24, 2.45) is 0 Å². The van der Waals surface area contributed by atoms with Crippen LogP contribution in [0.1, 0.15) is 15.9 Å². The first kappa shape index (κ1) is 15.6. The Balaban J connectivity index is 2.48. The van der Waals surface area contributed by atoms with E-state index < -0.39 is 27.3 Å². The number of hydrogen-bond acceptors (Lipinski definition) is 4. The highest BCUT2D eigenvalue weighted by molar-refractivity contribution is 7.92. The lowest BCUT2D eigenvalue weighted by molar-refractivity contribution is 0.0694. The average molecular weight is 319 g/mol. The van der Waals surface area contributed by atoms with Crippen LogP contribution in [0.15, 0.2) is 53.9 Å². The van der Waals surface area contributed by atoms with Gasteiger partial charge in [0.2, 0.25) is 0 Å². The molecule has 0 heterocycles. The second-order valence-corrected chi connectivity index (χ2v) is 6.01. The number of para-hydroxylation sites is 1. The molecule has 0 aliphatic rings. The van der Waals surface area contributed by atoms with Crippen molar-refractivity contribution in [3.05, 3.63) is 60.2 Å². The Bertz CT molecular complexity index is 843. The van der Waals surface area contributed by atoms with E-state index in [1.54, 1.807) is 18.2 Å². The Morgan fingerprint density at radius 3 is 2.45 bits per heavy atom. The van der Waals surface area contributed by atoms with Crippen LogP contribution in [-0.2, 0) is 10.0 Å². The SMILES string of the molecule is C=Cc1ccccc1S(=O)(=O)Nc1cccc(C(=O)O)c1O. The Morgan fingerprint density at radius 2 is 1.82 bits per heavy atom. The number of carboxylic acid groups (broad SMARTS) is 1. The molecule has 0 unspecified atom stereocenters. The smallest absolute Gasteiger partial charge is 0.339 e. The zero-order valence-electron chi connectivity index (χ0n) is 11.4. The summed E-state index contributed by atoms with van der Waals surface area (Å²) in [4.78, 5) is 10.9. The van der Waals surface area contributed by atoms with E-state index in [0.29, 0.717) is 5.56 Å². The molecule has 6 nitrogen and oxygen atoms in total. The van der Waals surface area contributed by atoms with Gasteiger partial charge >= 0.3 is 5.97 Å². The maximum atomic E-state index is 12.4. The fraction of sp³-hybridized carbons (Fsp3) is 0. The number of carboxylic acids is 1. The molecule has 0 aliphatic carbocycles. The van der Waals surface area contributed by atoms with Crippen molar-refractivity contribution in [1.82, 2.24) is 0 Å². The van der Waals surface area contributed by atoms with Crippen LogP contribution in [0, 0.1) is 0 Å². The van der Waals surface area contributed by atoms with Crippen LogP contribution in [-0.4, -0.2) is 24.6 Å². The summed E-state index contributed by atoms with van der Waals surface area (Å²) >= 11 is 0. The normalized spacial score (nSPS) is 10.9. The molecule has 2 aromatic rings. The predicted octanol–water partition coefficient (Wildman–Crippen LogP) is 2.53. The molecule has 0 radical (unpaired) electrons. The van der Waals surface area contributed by atoms with Crippen molar-refractivity contribution in [3.63, 3.8) is 0 Å². The molecule has 2 rings (SSSR count). The minimum absolute atomic E-state index is 0.0230. The lowest BCUT2D eigenvalue weighted by Gasteiger charge is -2.12. The van der Waals surface area contributed by atoms with Gasteiger partial charge in [0.25, 0.3) is 10.0 Å². The van der Waals surface area contributed by atoms with Gasteiger partial charge in [0.15, 0.2) is 5.75 Å². The highest BCUT2D eigenvalue weighted by Gasteiger charge is 2.20. The summed E-state index contributed by atoms with van der Waals surface area (Å²) in [5, 5.41) is 18.8. The van der Waals surface area contributed by atoms with E-state index in [1.165, 1.54) is 30.3 Å². The predicted molar refractivity (Wildman–Crippen MR) is 82.4 cm³/mol. The van der Waals surface area contributed by atoms with Crippen LogP contribution in [0.25, 0.3) is 6.08 Å². The van der Waals surface area contributed by atoms with Crippen LogP contribution >= 0.6 is 0 Å². The van der Waals surface area contributed by atoms with Crippen molar-refractivity contribution in [2.45, 2.75) is 4.90 Å². The number of rotatable bonds is 5. The maximum Gasteiger partial charge on any atom is 0.339 e. The van der Waals surface area contributed by atoms with E-state index in [0.717, 1.165) is 0 Å². The van der Waals surface area contributed by atoms with E-state index in [4.69, 9.17) is 5.11 Å². The minimum Gasteiger partial charge on any atom is -0.505 e. The molecule has 0 bridgehead atoms. The van der Waals surface area contributed by atoms with Crippen molar-refractivity contribution in [3.8, 4) is 5.75 Å². The highest BCUT2D eigenvalue weighted by atomic mass is 32.2. The van der Waals surface area contributed by atoms with Gasteiger partial charge in [-0.05, 0) is 23.8 Å². The molecule has 0 aliphatic heterocycles. The Kier molecular flexibility index (Phi) is 4.18. The Labute approximate surface area is 127 Å². The average Bonchev–Trinajstić information content (AvgIpc) is 2.49. The molecule has 0 saturated heterocycles. The third kappa shape index (κ3) is 2.94. The lowest BCUT2D eigenvalue weighted by Crippen LogP contribution is -2.14. The fourth-order valence-corrected chi connectivity index (χ4v) is 3.18. The third-order valence-corrected chi connectivity index (χ3v) is 4.38. The summed E-state index contributed by atoms with van der Waals surface area (Å²) in [6.07, 6.45) is 1.39. The second kappa shape index (κ2) is 5.90. The third-order valence-electron chi connectivity index (χ3n) is 2.94. The number of benzene rings is 2. The molecule has 0 saturated carbocycles. The quantitative estimate of drug-likeness (QED) is 0.735. The minimum atomic E-state index is -4.00. The fourth-order valence-electron chi connectivity index (χ4n) is 1.89. The molecule has 0 spiro atoms.